The second-order valence-corrected chi connectivity index (χ2v) is 10.7. The van der Waals surface area contributed by atoms with E-state index in [1.807, 2.05) is 6.29 Å². The number of Topliss-reactive ketones (excluding diaryl/α,β-unsaturated/α-hetero) is 2. The molecule has 0 fully saturated rings. The number of carbonyl (C=O) groups is 2. The summed E-state index contributed by atoms with van der Waals surface area (Å²) >= 11 is 0. The molecule has 0 saturated carbocycles. The van der Waals surface area contributed by atoms with E-state index in [9.17, 15) is 14.4 Å². The van der Waals surface area contributed by atoms with Crippen LogP contribution in [0.1, 0.15) is 118 Å². The molecule has 2 rings (SSSR count). The smallest absolute Gasteiger partial charge is 0.221 e. The standard InChI is InChI=1S/C32H45N2O3/c1-25(2)14-12-10-8-6-4-3-5-7-9-11-13-23-32(24-35,30(36)26-15-19-28(33)20-16-26)31(37)27-17-21-29(34)22-18-27/h15-22,25H,3-14,23,33-34H2,1-2H3. The molecule has 0 saturated heterocycles. The summed E-state index contributed by atoms with van der Waals surface area (Å²) < 4.78 is 0. The monoisotopic (exact) mass is 505 g/mol. The third kappa shape index (κ3) is 9.79. The van der Waals surface area contributed by atoms with Crippen LogP contribution in [0.5, 0.6) is 0 Å². The van der Waals surface area contributed by atoms with E-state index in [4.69, 9.17) is 11.5 Å². The summed E-state index contributed by atoms with van der Waals surface area (Å²) in [6.45, 7) is 4.57. The van der Waals surface area contributed by atoms with E-state index in [1.54, 1.807) is 48.5 Å². The first-order valence-corrected chi connectivity index (χ1v) is 14.0. The number of benzene rings is 2. The van der Waals surface area contributed by atoms with Crippen molar-refractivity contribution in [2.75, 3.05) is 11.5 Å². The fraction of sp³-hybridized carbons (Fsp3) is 0.531. The van der Waals surface area contributed by atoms with Gasteiger partial charge in [-0.15, -0.1) is 0 Å². The van der Waals surface area contributed by atoms with Crippen LogP contribution in [0.25, 0.3) is 0 Å². The van der Waals surface area contributed by atoms with Crippen molar-refractivity contribution >= 4 is 29.2 Å². The molecule has 0 aliphatic rings. The van der Waals surface area contributed by atoms with Crippen molar-refractivity contribution in [1.82, 2.24) is 0 Å². The zero-order chi connectivity index (χ0) is 27.1. The second kappa shape index (κ2) is 16.0. The number of unbranched alkanes of at least 4 members (excludes halogenated alkanes) is 10. The summed E-state index contributed by atoms with van der Waals surface area (Å²) in [5.41, 5.74) is 11.2. The van der Waals surface area contributed by atoms with E-state index < -0.39 is 17.0 Å². The fourth-order valence-corrected chi connectivity index (χ4v) is 4.77. The lowest BCUT2D eigenvalue weighted by Crippen LogP contribution is -2.41. The van der Waals surface area contributed by atoms with Crippen molar-refractivity contribution < 1.29 is 14.4 Å². The highest BCUT2D eigenvalue weighted by molar-refractivity contribution is 6.28. The summed E-state index contributed by atoms with van der Waals surface area (Å²) in [5, 5.41) is 0. The third-order valence-corrected chi connectivity index (χ3v) is 7.13. The molecule has 0 amide bonds. The maximum Gasteiger partial charge on any atom is 0.221 e. The van der Waals surface area contributed by atoms with Gasteiger partial charge in [0.1, 0.15) is 0 Å². The maximum absolute atomic E-state index is 13.5. The van der Waals surface area contributed by atoms with Crippen LogP contribution in [0, 0.1) is 11.3 Å². The Morgan fingerprint density at radius 2 is 1.00 bits per heavy atom. The number of hydrogen-bond donors (Lipinski definition) is 2. The largest absolute Gasteiger partial charge is 0.399 e. The van der Waals surface area contributed by atoms with Crippen LogP contribution in [-0.4, -0.2) is 17.9 Å². The average molecular weight is 506 g/mol. The number of ketones is 2. The number of nitrogen functional groups attached to an aromatic ring is 2. The third-order valence-electron chi connectivity index (χ3n) is 7.13. The van der Waals surface area contributed by atoms with Gasteiger partial charge in [0.05, 0.1) is 0 Å². The Morgan fingerprint density at radius 3 is 1.35 bits per heavy atom. The lowest BCUT2D eigenvalue weighted by atomic mass is 9.72. The van der Waals surface area contributed by atoms with Crippen molar-refractivity contribution in [2.24, 2.45) is 11.3 Å². The van der Waals surface area contributed by atoms with E-state index in [-0.39, 0.29) is 17.5 Å². The quantitative estimate of drug-likeness (QED) is 0.0879. The van der Waals surface area contributed by atoms with Crippen LogP contribution in [0.4, 0.5) is 11.4 Å². The molecule has 0 aromatic heterocycles. The maximum atomic E-state index is 13.5. The van der Waals surface area contributed by atoms with E-state index in [0.717, 1.165) is 25.2 Å². The molecule has 4 N–H and O–H groups in total. The molecule has 0 heterocycles. The van der Waals surface area contributed by atoms with Crippen molar-refractivity contribution in [2.45, 2.75) is 97.3 Å². The molecule has 1 radical (unpaired) electrons. The predicted octanol–water partition coefficient (Wildman–Crippen LogP) is 7.74. The summed E-state index contributed by atoms with van der Waals surface area (Å²) in [7, 11) is 0. The van der Waals surface area contributed by atoms with Gasteiger partial charge in [-0.3, -0.25) is 14.4 Å². The molecule has 2 aromatic rings. The number of hydrogen-bond acceptors (Lipinski definition) is 5. The Balaban J connectivity index is 1.88. The molecule has 0 atom stereocenters. The van der Waals surface area contributed by atoms with Gasteiger partial charge in [-0.25, -0.2) is 0 Å². The van der Waals surface area contributed by atoms with Crippen LogP contribution < -0.4 is 11.5 Å². The lowest BCUT2D eigenvalue weighted by Gasteiger charge is -2.25. The average Bonchev–Trinajstić information content (AvgIpc) is 2.89. The molecule has 201 valence electrons. The van der Waals surface area contributed by atoms with E-state index >= 15 is 0 Å². The first kappa shape index (κ1) is 30.3. The number of carbonyl (C=O) groups excluding carboxylic acids is 3. The van der Waals surface area contributed by atoms with Gasteiger partial charge >= 0.3 is 0 Å². The Morgan fingerprint density at radius 1 is 0.649 bits per heavy atom. The summed E-state index contributed by atoms with van der Waals surface area (Å²) in [6, 6.07) is 12.6. The minimum Gasteiger partial charge on any atom is -0.399 e. The van der Waals surface area contributed by atoms with Crippen LogP contribution in [0.3, 0.4) is 0 Å². The molecular weight excluding hydrogens is 460 g/mol. The van der Waals surface area contributed by atoms with Gasteiger partial charge in [-0.05, 0) is 60.9 Å². The number of rotatable bonds is 19. The van der Waals surface area contributed by atoms with Crippen LogP contribution in [0.15, 0.2) is 48.5 Å². The fourth-order valence-electron chi connectivity index (χ4n) is 4.77. The summed E-state index contributed by atoms with van der Waals surface area (Å²) in [5.74, 6) is -0.253. The molecule has 5 heteroatoms. The molecule has 5 nitrogen and oxygen atoms in total. The molecule has 0 aliphatic heterocycles. The van der Waals surface area contributed by atoms with Gasteiger partial charge in [0.15, 0.2) is 17.0 Å². The van der Waals surface area contributed by atoms with Gasteiger partial charge < -0.3 is 11.5 Å². The number of nitrogens with two attached hydrogens (primary N) is 2. The normalized spacial score (nSPS) is 11.5. The molecule has 0 aliphatic carbocycles. The first-order valence-electron chi connectivity index (χ1n) is 14.0. The lowest BCUT2D eigenvalue weighted by molar-refractivity contribution is 0.0732. The van der Waals surface area contributed by atoms with Crippen molar-refractivity contribution in [3.8, 4) is 0 Å². The highest BCUT2D eigenvalue weighted by Crippen LogP contribution is 2.33. The van der Waals surface area contributed by atoms with Crippen molar-refractivity contribution in [1.29, 1.82) is 0 Å². The molecule has 0 bridgehead atoms. The Labute approximate surface area is 223 Å². The van der Waals surface area contributed by atoms with Gasteiger partial charge in [0, 0.05) is 22.5 Å². The zero-order valence-electron chi connectivity index (χ0n) is 22.8. The Bertz CT molecular complexity index is 907. The van der Waals surface area contributed by atoms with Crippen LogP contribution in [0.2, 0.25) is 0 Å². The van der Waals surface area contributed by atoms with Gasteiger partial charge in [-0.1, -0.05) is 90.9 Å². The minimum absolute atomic E-state index is 0.138. The SMILES string of the molecule is CC(C)CCCCCCCCCCCCCC([C]=O)(C(=O)c1ccc(N)cc1)C(=O)c1ccc(N)cc1. The minimum atomic E-state index is -1.87. The zero-order valence-corrected chi connectivity index (χ0v) is 22.8. The topological polar surface area (TPSA) is 103 Å². The number of anilines is 2. The van der Waals surface area contributed by atoms with E-state index in [1.165, 1.54) is 51.4 Å². The Kier molecular flexibility index (Phi) is 13.1. The molecule has 0 spiro atoms. The summed E-state index contributed by atoms with van der Waals surface area (Å²) in [4.78, 5) is 39.4. The first-order chi connectivity index (χ1) is 17.8. The second-order valence-electron chi connectivity index (χ2n) is 10.7. The van der Waals surface area contributed by atoms with Crippen LogP contribution >= 0.6 is 0 Å². The predicted molar refractivity (Wildman–Crippen MR) is 153 cm³/mol. The Hall–Kier alpha value is -2.95. The summed E-state index contributed by atoms with van der Waals surface area (Å²) in [6.07, 6.45) is 16.0. The van der Waals surface area contributed by atoms with Crippen molar-refractivity contribution in [3.05, 3.63) is 59.7 Å². The highest BCUT2D eigenvalue weighted by Gasteiger charge is 2.46. The van der Waals surface area contributed by atoms with Crippen molar-refractivity contribution in [3.63, 3.8) is 0 Å². The van der Waals surface area contributed by atoms with E-state index in [2.05, 4.69) is 13.8 Å². The van der Waals surface area contributed by atoms with Gasteiger partial charge in [0.2, 0.25) is 6.29 Å². The van der Waals surface area contributed by atoms with Gasteiger partial charge in [0.25, 0.3) is 0 Å². The molecule has 2 aromatic carbocycles. The highest BCUT2D eigenvalue weighted by atomic mass is 16.2. The molecular formula is C32H45N2O3. The molecule has 0 unspecified atom stereocenters. The van der Waals surface area contributed by atoms with E-state index in [0.29, 0.717) is 17.8 Å². The van der Waals surface area contributed by atoms with Crippen LogP contribution in [-0.2, 0) is 4.79 Å². The molecule has 37 heavy (non-hydrogen) atoms. The van der Waals surface area contributed by atoms with Gasteiger partial charge in [-0.2, -0.15) is 0 Å².